The van der Waals surface area contributed by atoms with E-state index in [0.29, 0.717) is 31.6 Å². The Kier molecular flexibility index (Phi) is 5.48. The van der Waals surface area contributed by atoms with Gasteiger partial charge < -0.3 is 9.64 Å². The lowest BCUT2D eigenvalue weighted by Gasteiger charge is -2.32. The molecule has 0 unspecified atom stereocenters. The molecule has 0 bridgehead atoms. The molecule has 0 aliphatic carbocycles. The van der Waals surface area contributed by atoms with Gasteiger partial charge in [-0.05, 0) is 25.0 Å². The topological polar surface area (TPSA) is 116 Å². The van der Waals surface area contributed by atoms with Gasteiger partial charge in [-0.15, -0.1) is 0 Å². The molecule has 1 fully saturated rings. The maximum absolute atomic E-state index is 13.4. The highest BCUT2D eigenvalue weighted by Gasteiger charge is 2.30. The maximum Gasteiger partial charge on any atom is 0.314 e. The van der Waals surface area contributed by atoms with Crippen LogP contribution in [-0.2, 0) is 4.79 Å². The van der Waals surface area contributed by atoms with Gasteiger partial charge in [-0.3, -0.25) is 25.0 Å². The largest absolute Gasteiger partial charge is 0.419 e. The highest BCUT2D eigenvalue weighted by Crippen LogP contribution is 2.33. The summed E-state index contributed by atoms with van der Waals surface area (Å²) in [5.41, 5.74) is -0.0360. The van der Waals surface area contributed by atoms with Crippen LogP contribution in [-0.4, -0.2) is 28.9 Å². The summed E-state index contributed by atoms with van der Waals surface area (Å²) in [6, 6.07) is 9.00. The minimum atomic E-state index is -0.751. The van der Waals surface area contributed by atoms with Crippen LogP contribution in [0.4, 0.5) is 21.5 Å². The Hall–Kier alpha value is -3.56. The number of para-hydroxylation sites is 2. The third-order valence-corrected chi connectivity index (χ3v) is 4.58. The van der Waals surface area contributed by atoms with Crippen molar-refractivity contribution < 1.29 is 23.8 Å². The van der Waals surface area contributed by atoms with Crippen LogP contribution >= 0.6 is 0 Å². The lowest BCUT2D eigenvalue weighted by atomic mass is 9.96. The number of hydrogen-bond acceptors (Lipinski definition) is 7. The molecule has 0 N–H and O–H groups in total. The van der Waals surface area contributed by atoms with Gasteiger partial charge in [0, 0.05) is 31.3 Å². The van der Waals surface area contributed by atoms with Crippen LogP contribution in [0.2, 0.25) is 0 Å². The van der Waals surface area contributed by atoms with Crippen LogP contribution in [0.15, 0.2) is 42.5 Å². The first kappa shape index (κ1) is 19.2. The smallest absolute Gasteiger partial charge is 0.314 e. The number of carbonyl (C=O) groups is 1. The molecule has 1 heterocycles. The Morgan fingerprint density at radius 3 is 2.32 bits per heavy atom. The average Bonchev–Trinajstić information content (AvgIpc) is 2.68. The number of benzene rings is 2. The molecule has 0 spiro atoms. The standard InChI is InChI=1S/C18H16FN3O6/c19-13-5-6-16(22(26)27)17(11-13)28-18(23)12-7-9-20(10-8-12)14-3-1-2-4-15(14)21(24)25/h1-6,11-12H,7-10H2. The van der Waals surface area contributed by atoms with Crippen molar-refractivity contribution in [3.8, 4) is 5.75 Å². The van der Waals surface area contributed by atoms with E-state index in [1.54, 1.807) is 18.2 Å². The fourth-order valence-corrected chi connectivity index (χ4v) is 3.15. The fraction of sp³-hybridized carbons (Fsp3) is 0.278. The van der Waals surface area contributed by atoms with E-state index >= 15 is 0 Å². The number of carbonyl (C=O) groups excluding carboxylic acids is 1. The second-order valence-corrected chi connectivity index (χ2v) is 6.30. The van der Waals surface area contributed by atoms with E-state index in [9.17, 15) is 29.4 Å². The first-order valence-electron chi connectivity index (χ1n) is 8.51. The zero-order valence-electron chi connectivity index (χ0n) is 14.6. The van der Waals surface area contributed by atoms with Crippen LogP contribution < -0.4 is 9.64 Å². The minimum Gasteiger partial charge on any atom is -0.419 e. The molecular formula is C18H16FN3O6. The van der Waals surface area contributed by atoms with Gasteiger partial charge in [0.15, 0.2) is 0 Å². The maximum atomic E-state index is 13.4. The van der Waals surface area contributed by atoms with Gasteiger partial charge in [0.2, 0.25) is 5.75 Å². The highest BCUT2D eigenvalue weighted by atomic mass is 19.1. The molecule has 1 aliphatic rings. The molecule has 1 aliphatic heterocycles. The van der Waals surface area contributed by atoms with Crippen molar-refractivity contribution in [2.24, 2.45) is 5.92 Å². The molecule has 2 aromatic rings. The molecule has 0 aromatic heterocycles. The summed E-state index contributed by atoms with van der Waals surface area (Å²) in [6.07, 6.45) is 0.710. The van der Waals surface area contributed by atoms with E-state index in [2.05, 4.69) is 0 Å². The van der Waals surface area contributed by atoms with Crippen LogP contribution in [0.5, 0.6) is 5.75 Å². The van der Waals surface area contributed by atoms with Gasteiger partial charge in [-0.25, -0.2) is 4.39 Å². The summed E-state index contributed by atoms with van der Waals surface area (Å²) < 4.78 is 18.5. The zero-order chi connectivity index (χ0) is 20.3. The predicted molar refractivity (Wildman–Crippen MR) is 96.7 cm³/mol. The number of ether oxygens (including phenoxy) is 1. The van der Waals surface area contributed by atoms with Gasteiger partial charge in [0.25, 0.3) is 5.69 Å². The van der Waals surface area contributed by atoms with E-state index < -0.39 is 39.0 Å². The van der Waals surface area contributed by atoms with Gasteiger partial charge in [-0.1, -0.05) is 12.1 Å². The second kappa shape index (κ2) is 7.99. The number of nitro benzene ring substituents is 2. The molecule has 2 aromatic carbocycles. The van der Waals surface area contributed by atoms with Crippen molar-refractivity contribution in [3.05, 3.63) is 68.5 Å². The summed E-state index contributed by atoms with van der Waals surface area (Å²) in [6.45, 7) is 0.770. The SMILES string of the molecule is O=C(Oc1cc(F)ccc1[N+](=O)[O-])C1CCN(c2ccccc2[N+](=O)[O-])CC1. The third-order valence-electron chi connectivity index (χ3n) is 4.58. The summed E-state index contributed by atoms with van der Waals surface area (Å²) >= 11 is 0. The summed E-state index contributed by atoms with van der Waals surface area (Å²) in [4.78, 5) is 35.2. The Morgan fingerprint density at radius 2 is 1.68 bits per heavy atom. The lowest BCUT2D eigenvalue weighted by molar-refractivity contribution is -0.385. The highest BCUT2D eigenvalue weighted by molar-refractivity contribution is 5.77. The lowest BCUT2D eigenvalue weighted by Crippen LogP contribution is -2.38. The summed E-state index contributed by atoms with van der Waals surface area (Å²) in [5, 5.41) is 22.2. The van der Waals surface area contributed by atoms with Crippen molar-refractivity contribution >= 4 is 23.0 Å². The Morgan fingerprint density at radius 1 is 1.04 bits per heavy atom. The molecule has 146 valence electrons. The number of nitro groups is 2. The Balaban J connectivity index is 1.68. The number of rotatable bonds is 5. The molecule has 10 heteroatoms. The van der Waals surface area contributed by atoms with Crippen LogP contribution in [0, 0.1) is 32.0 Å². The quantitative estimate of drug-likeness (QED) is 0.333. The Bertz CT molecular complexity index is 927. The summed E-state index contributed by atoms with van der Waals surface area (Å²) in [7, 11) is 0. The molecule has 0 saturated carbocycles. The zero-order valence-corrected chi connectivity index (χ0v) is 14.6. The van der Waals surface area contributed by atoms with E-state index in [1.165, 1.54) is 6.07 Å². The number of piperidine rings is 1. The molecule has 28 heavy (non-hydrogen) atoms. The molecule has 1 saturated heterocycles. The number of nitrogens with zero attached hydrogens (tertiary/aromatic N) is 3. The summed E-state index contributed by atoms with van der Waals surface area (Å²) in [5.74, 6) is -2.41. The van der Waals surface area contributed by atoms with Crippen molar-refractivity contribution in [1.82, 2.24) is 0 Å². The van der Waals surface area contributed by atoms with Gasteiger partial charge in [-0.2, -0.15) is 0 Å². The van der Waals surface area contributed by atoms with Gasteiger partial charge >= 0.3 is 11.7 Å². The molecular weight excluding hydrogens is 373 g/mol. The van der Waals surface area contributed by atoms with Crippen LogP contribution in [0.3, 0.4) is 0 Å². The average molecular weight is 389 g/mol. The molecule has 0 radical (unpaired) electrons. The Labute approximate surface area is 158 Å². The third kappa shape index (κ3) is 4.05. The fourth-order valence-electron chi connectivity index (χ4n) is 3.15. The van der Waals surface area contributed by atoms with Crippen molar-refractivity contribution in [2.75, 3.05) is 18.0 Å². The van der Waals surface area contributed by atoms with Crippen LogP contribution in [0.1, 0.15) is 12.8 Å². The molecule has 9 nitrogen and oxygen atoms in total. The van der Waals surface area contributed by atoms with Crippen LogP contribution in [0.25, 0.3) is 0 Å². The number of anilines is 1. The van der Waals surface area contributed by atoms with Crippen molar-refractivity contribution in [1.29, 1.82) is 0 Å². The molecule has 0 atom stereocenters. The van der Waals surface area contributed by atoms with E-state index in [-0.39, 0.29) is 5.69 Å². The molecule has 0 amide bonds. The second-order valence-electron chi connectivity index (χ2n) is 6.30. The van der Waals surface area contributed by atoms with E-state index in [0.717, 1.165) is 18.2 Å². The van der Waals surface area contributed by atoms with E-state index in [4.69, 9.17) is 4.74 Å². The minimum absolute atomic E-state index is 0.0149. The van der Waals surface area contributed by atoms with Crippen molar-refractivity contribution in [3.63, 3.8) is 0 Å². The number of halogens is 1. The number of hydrogen-bond donors (Lipinski definition) is 0. The van der Waals surface area contributed by atoms with Gasteiger partial charge in [0.05, 0.1) is 15.8 Å². The monoisotopic (exact) mass is 389 g/mol. The normalized spacial score (nSPS) is 14.5. The molecule has 3 rings (SSSR count). The van der Waals surface area contributed by atoms with E-state index in [1.807, 2.05) is 4.90 Å². The predicted octanol–water partition coefficient (Wildman–Crippen LogP) is 3.46. The first-order valence-corrected chi connectivity index (χ1v) is 8.51. The first-order chi connectivity index (χ1) is 13.4. The number of esters is 1. The van der Waals surface area contributed by atoms with Crippen molar-refractivity contribution in [2.45, 2.75) is 12.8 Å². The van der Waals surface area contributed by atoms with Gasteiger partial charge in [0.1, 0.15) is 11.5 Å².